The number of rotatable bonds is 4. The predicted octanol–water partition coefficient (Wildman–Crippen LogP) is 4.83. The fourth-order valence-electron chi connectivity index (χ4n) is 4.33. The van der Waals surface area contributed by atoms with Crippen LogP contribution in [0.4, 0.5) is 0 Å². The molecule has 0 aliphatic heterocycles. The third kappa shape index (κ3) is 2.59. The molecule has 2 aromatic heterocycles. The van der Waals surface area contributed by atoms with Crippen LogP contribution in [-0.4, -0.2) is 33.4 Å². The van der Waals surface area contributed by atoms with Crippen molar-refractivity contribution in [1.29, 1.82) is 0 Å². The minimum absolute atomic E-state index is 0.162. The van der Waals surface area contributed by atoms with Crippen LogP contribution < -0.4 is 0 Å². The Bertz CT molecular complexity index is 1170. The molecule has 2 aromatic carbocycles. The Balaban J connectivity index is 2.09. The molecule has 4 rings (SSSR count). The first-order valence-electron chi connectivity index (χ1n) is 9.60. The SMILES string of the molecule is CCN(CC)C(=O)Cn1c2ccccc2c2c(C)c3cnccc3c(C)c21. The van der Waals surface area contributed by atoms with E-state index in [1.165, 1.54) is 32.7 Å². The largest absolute Gasteiger partial charge is 0.342 e. The lowest BCUT2D eigenvalue weighted by atomic mass is 9.97. The van der Waals surface area contributed by atoms with Crippen molar-refractivity contribution in [2.45, 2.75) is 34.2 Å². The molecule has 0 unspecified atom stereocenters. The van der Waals surface area contributed by atoms with Gasteiger partial charge in [0.1, 0.15) is 6.54 Å². The number of aromatic nitrogens is 2. The summed E-state index contributed by atoms with van der Waals surface area (Å²) in [6.07, 6.45) is 3.79. The molecule has 0 bridgehead atoms. The summed E-state index contributed by atoms with van der Waals surface area (Å²) in [7, 11) is 0. The van der Waals surface area contributed by atoms with Crippen molar-refractivity contribution < 1.29 is 4.79 Å². The van der Waals surface area contributed by atoms with E-state index in [0.717, 1.165) is 24.1 Å². The molecule has 2 heterocycles. The van der Waals surface area contributed by atoms with E-state index in [9.17, 15) is 4.79 Å². The molecular formula is C23H25N3O. The average Bonchev–Trinajstić information content (AvgIpc) is 3.02. The molecule has 0 spiro atoms. The van der Waals surface area contributed by atoms with Crippen molar-refractivity contribution in [3.8, 4) is 0 Å². The first-order chi connectivity index (χ1) is 13.1. The van der Waals surface area contributed by atoms with Crippen LogP contribution >= 0.6 is 0 Å². The van der Waals surface area contributed by atoms with Crippen LogP contribution in [0.2, 0.25) is 0 Å². The number of amides is 1. The third-order valence-electron chi connectivity index (χ3n) is 5.74. The van der Waals surface area contributed by atoms with Crippen LogP contribution in [0.5, 0.6) is 0 Å². The van der Waals surface area contributed by atoms with Gasteiger partial charge in [0.25, 0.3) is 0 Å². The van der Waals surface area contributed by atoms with Gasteiger partial charge in [-0.1, -0.05) is 18.2 Å². The molecule has 138 valence electrons. The number of benzene rings is 2. The fourth-order valence-corrected chi connectivity index (χ4v) is 4.33. The van der Waals surface area contributed by atoms with Gasteiger partial charge >= 0.3 is 0 Å². The summed E-state index contributed by atoms with van der Waals surface area (Å²) in [6, 6.07) is 10.5. The van der Waals surface area contributed by atoms with Crippen molar-refractivity contribution in [3.63, 3.8) is 0 Å². The summed E-state index contributed by atoms with van der Waals surface area (Å²) < 4.78 is 2.20. The highest BCUT2D eigenvalue weighted by Crippen LogP contribution is 2.38. The Labute approximate surface area is 159 Å². The summed E-state index contributed by atoms with van der Waals surface area (Å²) >= 11 is 0. The average molecular weight is 359 g/mol. The van der Waals surface area contributed by atoms with E-state index in [4.69, 9.17) is 0 Å². The Morgan fingerprint density at radius 3 is 2.48 bits per heavy atom. The van der Waals surface area contributed by atoms with Crippen LogP contribution in [-0.2, 0) is 11.3 Å². The summed E-state index contributed by atoms with van der Waals surface area (Å²) in [6.45, 7) is 10.2. The second kappa shape index (κ2) is 6.69. The van der Waals surface area contributed by atoms with Gasteiger partial charge in [0.05, 0.1) is 5.52 Å². The van der Waals surface area contributed by atoms with Gasteiger partial charge in [-0.2, -0.15) is 0 Å². The number of para-hydroxylation sites is 1. The van der Waals surface area contributed by atoms with Crippen molar-refractivity contribution in [1.82, 2.24) is 14.5 Å². The minimum atomic E-state index is 0.162. The maximum atomic E-state index is 12.9. The molecule has 0 atom stereocenters. The molecule has 0 saturated heterocycles. The van der Waals surface area contributed by atoms with E-state index < -0.39 is 0 Å². The molecule has 0 fully saturated rings. The molecule has 0 saturated carbocycles. The van der Waals surface area contributed by atoms with E-state index in [1.807, 2.05) is 37.2 Å². The van der Waals surface area contributed by atoms with Crippen LogP contribution in [0.3, 0.4) is 0 Å². The molecule has 0 radical (unpaired) electrons. The normalized spacial score (nSPS) is 11.6. The number of hydrogen-bond donors (Lipinski definition) is 0. The zero-order valence-corrected chi connectivity index (χ0v) is 16.4. The highest BCUT2D eigenvalue weighted by atomic mass is 16.2. The molecule has 27 heavy (non-hydrogen) atoms. The molecule has 0 N–H and O–H groups in total. The van der Waals surface area contributed by atoms with Crippen molar-refractivity contribution in [2.24, 2.45) is 0 Å². The van der Waals surface area contributed by atoms with Gasteiger partial charge in [-0.3, -0.25) is 9.78 Å². The van der Waals surface area contributed by atoms with Crippen LogP contribution in [0, 0.1) is 13.8 Å². The molecule has 0 aliphatic rings. The highest BCUT2D eigenvalue weighted by molar-refractivity contribution is 6.17. The number of fused-ring (bicyclic) bond motifs is 4. The first kappa shape index (κ1) is 17.5. The molecular weight excluding hydrogens is 334 g/mol. The molecule has 4 nitrogen and oxygen atoms in total. The maximum absolute atomic E-state index is 12.9. The lowest BCUT2D eigenvalue weighted by Gasteiger charge is -2.20. The lowest BCUT2D eigenvalue weighted by Crippen LogP contribution is -2.33. The van der Waals surface area contributed by atoms with Crippen molar-refractivity contribution in [2.75, 3.05) is 13.1 Å². The Kier molecular flexibility index (Phi) is 4.34. The number of hydrogen-bond acceptors (Lipinski definition) is 2. The monoisotopic (exact) mass is 359 g/mol. The third-order valence-corrected chi connectivity index (χ3v) is 5.74. The van der Waals surface area contributed by atoms with Crippen LogP contribution in [0.15, 0.2) is 42.7 Å². The second-order valence-electron chi connectivity index (χ2n) is 7.06. The van der Waals surface area contributed by atoms with Crippen LogP contribution in [0.25, 0.3) is 32.6 Å². The van der Waals surface area contributed by atoms with E-state index in [-0.39, 0.29) is 5.91 Å². The smallest absolute Gasteiger partial charge is 0.242 e. The maximum Gasteiger partial charge on any atom is 0.242 e. The number of nitrogens with zero attached hydrogens (tertiary/aromatic N) is 3. The standard InChI is InChI=1S/C23H25N3O/c1-5-25(6-2)21(27)14-26-20-10-8-7-9-18(20)22-15(3)19-13-24-12-11-17(19)16(4)23(22)26/h7-13H,5-6,14H2,1-4H3. The predicted molar refractivity (Wildman–Crippen MR) is 112 cm³/mol. The van der Waals surface area contributed by atoms with Gasteiger partial charge in [-0.25, -0.2) is 0 Å². The first-order valence-corrected chi connectivity index (χ1v) is 9.60. The number of pyridine rings is 1. The van der Waals surface area contributed by atoms with Gasteiger partial charge in [-0.05, 0) is 56.3 Å². The van der Waals surface area contributed by atoms with Gasteiger partial charge in [0.15, 0.2) is 0 Å². The van der Waals surface area contributed by atoms with Gasteiger partial charge < -0.3 is 9.47 Å². The van der Waals surface area contributed by atoms with E-state index >= 15 is 0 Å². The minimum Gasteiger partial charge on any atom is -0.342 e. The van der Waals surface area contributed by atoms with E-state index in [0.29, 0.717) is 6.54 Å². The van der Waals surface area contributed by atoms with Crippen molar-refractivity contribution in [3.05, 3.63) is 53.9 Å². The molecule has 4 aromatic rings. The summed E-state index contributed by atoms with van der Waals surface area (Å²) in [5.41, 5.74) is 4.70. The zero-order valence-electron chi connectivity index (χ0n) is 16.4. The Morgan fingerprint density at radius 2 is 1.74 bits per heavy atom. The molecule has 4 heteroatoms. The highest BCUT2D eigenvalue weighted by Gasteiger charge is 2.20. The van der Waals surface area contributed by atoms with Crippen LogP contribution in [0.1, 0.15) is 25.0 Å². The van der Waals surface area contributed by atoms with E-state index in [2.05, 4.69) is 47.7 Å². The number of aryl methyl sites for hydroxylation is 2. The topological polar surface area (TPSA) is 38.1 Å². The molecule has 1 amide bonds. The number of likely N-dealkylation sites (N-methyl/N-ethyl adjacent to an activating group) is 1. The number of carbonyl (C=O) groups is 1. The Morgan fingerprint density at radius 1 is 1.00 bits per heavy atom. The van der Waals surface area contributed by atoms with Gasteiger partial charge in [0, 0.05) is 47.2 Å². The lowest BCUT2D eigenvalue weighted by molar-refractivity contribution is -0.131. The van der Waals surface area contributed by atoms with Crippen molar-refractivity contribution >= 4 is 38.5 Å². The van der Waals surface area contributed by atoms with Gasteiger partial charge in [0.2, 0.25) is 5.91 Å². The Hall–Kier alpha value is -2.88. The quantitative estimate of drug-likeness (QED) is 0.523. The van der Waals surface area contributed by atoms with E-state index in [1.54, 1.807) is 0 Å². The number of carbonyl (C=O) groups excluding carboxylic acids is 1. The summed E-state index contributed by atoms with van der Waals surface area (Å²) in [5.74, 6) is 0.162. The summed E-state index contributed by atoms with van der Waals surface area (Å²) in [4.78, 5) is 19.1. The zero-order chi connectivity index (χ0) is 19.1. The molecule has 0 aliphatic carbocycles. The fraction of sp³-hybridized carbons (Fsp3) is 0.304. The summed E-state index contributed by atoms with van der Waals surface area (Å²) in [5, 5.41) is 4.82. The van der Waals surface area contributed by atoms with Gasteiger partial charge in [-0.15, -0.1) is 0 Å². The second-order valence-corrected chi connectivity index (χ2v) is 7.06.